The van der Waals surface area contributed by atoms with Crippen LogP contribution in [0.5, 0.6) is 0 Å². The normalized spacial score (nSPS) is 23.5. The van der Waals surface area contributed by atoms with E-state index in [1.165, 1.54) is 24.2 Å². The number of aliphatic hydroxyl groups is 1. The van der Waals surface area contributed by atoms with Crippen LogP contribution >= 0.6 is 11.3 Å². The van der Waals surface area contributed by atoms with E-state index >= 15 is 0 Å². The number of nitrogens with one attached hydrogen (secondary N) is 2. The van der Waals surface area contributed by atoms with Gasteiger partial charge in [-0.2, -0.15) is 4.98 Å². The maximum absolute atomic E-state index is 9.83. The zero-order valence-electron chi connectivity index (χ0n) is 18.7. The molecule has 32 heavy (non-hydrogen) atoms. The molecule has 0 unspecified atom stereocenters. The fraction of sp³-hybridized carbons (Fsp3) is 0.565. The van der Waals surface area contributed by atoms with Gasteiger partial charge in [0.1, 0.15) is 16.2 Å². The van der Waals surface area contributed by atoms with Gasteiger partial charge in [-0.3, -0.25) is 4.90 Å². The van der Waals surface area contributed by atoms with Crippen LogP contribution in [0.15, 0.2) is 24.4 Å². The topological polar surface area (TPSA) is 99.1 Å². The van der Waals surface area contributed by atoms with Crippen LogP contribution in [0.25, 0.3) is 10.3 Å². The van der Waals surface area contributed by atoms with Crippen LogP contribution in [0, 0.1) is 0 Å². The molecule has 170 valence electrons. The number of pyridine rings is 1. The number of fused-ring (bicyclic) bond motifs is 1. The van der Waals surface area contributed by atoms with Crippen molar-refractivity contribution in [2.45, 2.75) is 76.6 Å². The fourth-order valence-corrected chi connectivity index (χ4v) is 5.51. The number of aliphatic hydroxyl groups excluding tert-OH is 1. The van der Waals surface area contributed by atoms with Gasteiger partial charge in [0, 0.05) is 30.4 Å². The minimum Gasteiger partial charge on any atom is -0.393 e. The summed E-state index contributed by atoms with van der Waals surface area (Å²) in [5.41, 5.74) is 2.06. The number of anilines is 3. The molecule has 5 rings (SSSR count). The van der Waals surface area contributed by atoms with Crippen molar-refractivity contribution in [1.29, 1.82) is 0 Å². The Bertz CT molecular complexity index is 1040. The van der Waals surface area contributed by atoms with Gasteiger partial charge in [-0.1, -0.05) is 11.3 Å². The molecule has 2 aliphatic rings. The number of nitrogens with zero attached hydrogens (tertiary/aromatic N) is 5. The highest BCUT2D eigenvalue weighted by Gasteiger charge is 2.32. The van der Waals surface area contributed by atoms with Crippen LogP contribution in [-0.4, -0.2) is 54.2 Å². The molecule has 4 heterocycles. The fourth-order valence-electron chi connectivity index (χ4n) is 4.69. The van der Waals surface area contributed by atoms with E-state index in [2.05, 4.69) is 39.3 Å². The molecule has 0 radical (unpaired) electrons. The molecule has 8 nitrogen and oxygen atoms in total. The van der Waals surface area contributed by atoms with Gasteiger partial charge in [-0.25, -0.2) is 15.0 Å². The first-order valence-electron chi connectivity index (χ1n) is 11.5. The van der Waals surface area contributed by atoms with Gasteiger partial charge < -0.3 is 15.7 Å². The zero-order chi connectivity index (χ0) is 22.1. The van der Waals surface area contributed by atoms with E-state index in [1.807, 2.05) is 18.2 Å². The van der Waals surface area contributed by atoms with Crippen molar-refractivity contribution in [1.82, 2.24) is 24.8 Å². The molecule has 3 aromatic heterocycles. The molecule has 1 saturated carbocycles. The Balaban J connectivity index is 1.40. The van der Waals surface area contributed by atoms with Gasteiger partial charge in [0.05, 0.1) is 11.8 Å². The number of thiazole rings is 1. The number of hydrogen-bond donors (Lipinski definition) is 3. The van der Waals surface area contributed by atoms with E-state index < -0.39 is 0 Å². The summed E-state index contributed by atoms with van der Waals surface area (Å²) in [7, 11) is 0. The Morgan fingerprint density at radius 2 is 2.03 bits per heavy atom. The summed E-state index contributed by atoms with van der Waals surface area (Å²) in [6.07, 6.45) is 7.54. The second-order valence-corrected chi connectivity index (χ2v) is 10.5. The van der Waals surface area contributed by atoms with Gasteiger partial charge in [0.15, 0.2) is 5.13 Å². The Morgan fingerprint density at radius 3 is 2.78 bits per heavy atom. The van der Waals surface area contributed by atoms with E-state index in [1.54, 1.807) is 6.20 Å². The highest BCUT2D eigenvalue weighted by atomic mass is 32.1. The Labute approximate surface area is 192 Å². The zero-order valence-corrected chi connectivity index (χ0v) is 19.5. The quantitative estimate of drug-likeness (QED) is 0.508. The molecule has 9 heteroatoms. The van der Waals surface area contributed by atoms with Crippen molar-refractivity contribution in [3.05, 3.63) is 30.1 Å². The van der Waals surface area contributed by atoms with Crippen LogP contribution in [0.4, 0.5) is 16.9 Å². The summed E-state index contributed by atoms with van der Waals surface area (Å²) >= 11 is 1.52. The molecule has 0 atom stereocenters. The third-order valence-electron chi connectivity index (χ3n) is 6.64. The predicted octanol–water partition coefficient (Wildman–Crippen LogP) is 4.31. The Hall–Kier alpha value is -2.36. The molecule has 1 aliphatic heterocycles. The highest BCUT2D eigenvalue weighted by Crippen LogP contribution is 2.31. The van der Waals surface area contributed by atoms with Crippen molar-refractivity contribution in [2.24, 2.45) is 0 Å². The van der Waals surface area contributed by atoms with E-state index in [0.717, 1.165) is 65.8 Å². The average molecular weight is 454 g/mol. The maximum atomic E-state index is 9.83. The largest absolute Gasteiger partial charge is 0.393 e. The SMILES string of the molecule is CC1(C)CCCN1Cc1cc(Nc2nc3cccnc3s2)nc(NC2CCC(O)CC2)n1. The molecule has 1 aliphatic carbocycles. The third kappa shape index (κ3) is 4.84. The number of hydrogen-bond acceptors (Lipinski definition) is 9. The molecule has 0 aromatic carbocycles. The monoisotopic (exact) mass is 453 g/mol. The van der Waals surface area contributed by atoms with Gasteiger partial charge >= 0.3 is 0 Å². The average Bonchev–Trinajstić information content (AvgIpc) is 3.31. The Kier molecular flexibility index (Phi) is 5.96. The lowest BCUT2D eigenvalue weighted by Crippen LogP contribution is -2.37. The minimum atomic E-state index is -0.178. The van der Waals surface area contributed by atoms with E-state index in [4.69, 9.17) is 9.97 Å². The van der Waals surface area contributed by atoms with Crippen LogP contribution in [-0.2, 0) is 6.54 Å². The second-order valence-electron chi connectivity index (χ2n) is 9.53. The van der Waals surface area contributed by atoms with Crippen molar-refractivity contribution in [3.8, 4) is 0 Å². The van der Waals surface area contributed by atoms with Crippen LogP contribution < -0.4 is 10.6 Å². The first-order chi connectivity index (χ1) is 15.4. The molecular formula is C23H31N7OS. The van der Waals surface area contributed by atoms with Crippen LogP contribution in [0.2, 0.25) is 0 Å². The third-order valence-corrected chi connectivity index (χ3v) is 7.53. The van der Waals surface area contributed by atoms with Crippen molar-refractivity contribution in [2.75, 3.05) is 17.2 Å². The summed E-state index contributed by atoms with van der Waals surface area (Å²) < 4.78 is 0. The summed E-state index contributed by atoms with van der Waals surface area (Å²) in [4.78, 5) is 22.1. The Morgan fingerprint density at radius 1 is 1.19 bits per heavy atom. The van der Waals surface area contributed by atoms with E-state index in [9.17, 15) is 5.11 Å². The highest BCUT2D eigenvalue weighted by molar-refractivity contribution is 7.21. The summed E-state index contributed by atoms with van der Waals surface area (Å²) in [6.45, 7) is 6.50. The molecule has 1 saturated heterocycles. The van der Waals surface area contributed by atoms with Crippen molar-refractivity contribution >= 4 is 38.6 Å². The molecule has 0 bridgehead atoms. The molecule has 0 amide bonds. The molecule has 3 aromatic rings. The van der Waals surface area contributed by atoms with Gasteiger partial charge in [0.25, 0.3) is 0 Å². The predicted molar refractivity (Wildman–Crippen MR) is 128 cm³/mol. The smallest absolute Gasteiger partial charge is 0.225 e. The molecular weight excluding hydrogens is 422 g/mol. The number of likely N-dealkylation sites (tertiary alicyclic amines) is 1. The minimum absolute atomic E-state index is 0.178. The summed E-state index contributed by atoms with van der Waals surface area (Å²) in [5, 5.41) is 17.5. The van der Waals surface area contributed by atoms with Crippen LogP contribution in [0.1, 0.15) is 58.1 Å². The first-order valence-corrected chi connectivity index (χ1v) is 12.3. The van der Waals surface area contributed by atoms with Crippen molar-refractivity contribution in [3.63, 3.8) is 0 Å². The lowest BCUT2D eigenvalue weighted by atomic mass is 9.93. The summed E-state index contributed by atoms with van der Waals surface area (Å²) in [5.74, 6) is 1.38. The van der Waals surface area contributed by atoms with E-state index in [0.29, 0.717) is 5.95 Å². The molecule has 2 fully saturated rings. The lowest BCUT2D eigenvalue weighted by molar-refractivity contribution is 0.126. The second kappa shape index (κ2) is 8.88. The van der Waals surface area contributed by atoms with Gasteiger partial charge in [0.2, 0.25) is 5.95 Å². The van der Waals surface area contributed by atoms with Gasteiger partial charge in [-0.15, -0.1) is 0 Å². The molecule has 0 spiro atoms. The van der Waals surface area contributed by atoms with Crippen molar-refractivity contribution < 1.29 is 5.11 Å². The maximum Gasteiger partial charge on any atom is 0.225 e. The summed E-state index contributed by atoms with van der Waals surface area (Å²) in [6, 6.07) is 6.19. The lowest BCUT2D eigenvalue weighted by Gasteiger charge is -2.31. The number of aromatic nitrogens is 4. The number of rotatable bonds is 6. The first kappa shape index (κ1) is 21.5. The van der Waals surface area contributed by atoms with Gasteiger partial charge in [-0.05, 0) is 71.0 Å². The molecule has 3 N–H and O–H groups in total. The van der Waals surface area contributed by atoms with Crippen LogP contribution in [0.3, 0.4) is 0 Å². The van der Waals surface area contributed by atoms with E-state index in [-0.39, 0.29) is 17.7 Å². The standard InChI is InChI=1S/C23H31N7OS/c1-23(2)10-4-12-30(23)14-16-13-19(29-22-27-18-5-3-11-24-20(18)32-22)28-21(26-16)25-15-6-8-17(31)9-7-15/h3,5,11,13,15,17,31H,4,6-10,12,14H2,1-2H3,(H2,25,26,27,28,29).